The predicted octanol–water partition coefficient (Wildman–Crippen LogP) is 3.67. The van der Waals surface area contributed by atoms with E-state index in [0.29, 0.717) is 17.3 Å². The van der Waals surface area contributed by atoms with E-state index in [-0.39, 0.29) is 11.0 Å². The van der Waals surface area contributed by atoms with E-state index in [1.165, 1.54) is 0 Å². The fourth-order valence-corrected chi connectivity index (χ4v) is 3.32. The first kappa shape index (κ1) is 19.5. The molecule has 4 rings (SSSR count). The summed E-state index contributed by atoms with van der Waals surface area (Å²) >= 11 is 1.05. The van der Waals surface area contributed by atoms with Crippen LogP contribution in [-0.4, -0.2) is 40.0 Å². The van der Waals surface area contributed by atoms with Gasteiger partial charge in [-0.05, 0) is 30.3 Å². The summed E-state index contributed by atoms with van der Waals surface area (Å²) in [6.45, 7) is 0. The summed E-state index contributed by atoms with van der Waals surface area (Å²) in [5.74, 6) is 0.483. The third-order valence-corrected chi connectivity index (χ3v) is 4.97. The van der Waals surface area contributed by atoms with Crippen molar-refractivity contribution in [2.45, 2.75) is 5.22 Å². The van der Waals surface area contributed by atoms with Crippen molar-refractivity contribution in [2.75, 3.05) is 18.2 Å². The van der Waals surface area contributed by atoms with Crippen LogP contribution < -0.4 is 15.4 Å². The van der Waals surface area contributed by atoms with Gasteiger partial charge in [-0.3, -0.25) is 10.1 Å². The van der Waals surface area contributed by atoms with Crippen LogP contribution in [0.15, 0.2) is 64.4 Å². The highest BCUT2D eigenvalue weighted by molar-refractivity contribution is 7.99. The lowest BCUT2D eigenvalue weighted by Gasteiger charge is -2.06. The van der Waals surface area contributed by atoms with Crippen molar-refractivity contribution in [2.24, 2.45) is 0 Å². The number of rotatable bonds is 6. The summed E-state index contributed by atoms with van der Waals surface area (Å²) in [5.41, 5.74) is 2.28. The molecular weight excluding hydrogens is 406 g/mol. The molecule has 0 fully saturated rings. The number of H-pyrrole nitrogens is 1. The predicted molar refractivity (Wildman–Crippen MR) is 112 cm³/mol. The molecule has 2 heterocycles. The highest BCUT2D eigenvalue weighted by Gasteiger charge is 2.15. The Hall–Kier alpha value is -3.79. The maximum absolute atomic E-state index is 12.0. The van der Waals surface area contributed by atoms with Crippen LogP contribution in [0.4, 0.5) is 10.5 Å². The maximum Gasteiger partial charge on any atom is 0.325 e. The Kier molecular flexibility index (Phi) is 5.66. The van der Waals surface area contributed by atoms with E-state index in [9.17, 15) is 9.59 Å². The molecule has 30 heavy (non-hydrogen) atoms. The van der Waals surface area contributed by atoms with Crippen LogP contribution >= 0.6 is 11.8 Å². The van der Waals surface area contributed by atoms with E-state index in [0.717, 1.165) is 28.2 Å². The minimum atomic E-state index is -0.629. The largest absolute Gasteiger partial charge is 0.497 e. The molecule has 0 saturated carbocycles. The van der Waals surface area contributed by atoms with Gasteiger partial charge in [-0.15, -0.1) is 10.2 Å². The number of ether oxygens (including phenoxy) is 1. The normalized spacial score (nSPS) is 10.7. The van der Waals surface area contributed by atoms with Crippen LogP contribution in [0.3, 0.4) is 0 Å². The molecule has 0 aliphatic rings. The van der Waals surface area contributed by atoms with Gasteiger partial charge in [-0.25, -0.2) is 4.79 Å². The molecule has 3 amide bonds. The van der Waals surface area contributed by atoms with Crippen LogP contribution in [0.2, 0.25) is 0 Å². The van der Waals surface area contributed by atoms with Gasteiger partial charge < -0.3 is 19.5 Å². The number of carbonyl (C=O) groups is 2. The Labute approximate surface area is 175 Å². The molecule has 2 aromatic carbocycles. The van der Waals surface area contributed by atoms with Crippen molar-refractivity contribution in [1.82, 2.24) is 20.5 Å². The van der Waals surface area contributed by atoms with Gasteiger partial charge in [0.2, 0.25) is 5.91 Å². The Morgan fingerprint density at radius 3 is 2.73 bits per heavy atom. The first-order valence-electron chi connectivity index (χ1n) is 8.90. The number of benzene rings is 2. The number of para-hydroxylation sites is 1. The average Bonchev–Trinajstić information content (AvgIpc) is 3.39. The SMILES string of the molecule is COc1ccc(NC(=O)NC(=O)CSc2nnc(-c3c[nH]c4ccccc34)o2)cc1. The summed E-state index contributed by atoms with van der Waals surface area (Å²) in [4.78, 5) is 27.1. The number of amides is 3. The number of nitrogens with zero attached hydrogens (tertiary/aromatic N) is 2. The van der Waals surface area contributed by atoms with Gasteiger partial charge in [-0.1, -0.05) is 30.0 Å². The molecule has 0 atom stereocenters. The van der Waals surface area contributed by atoms with Crippen molar-refractivity contribution < 1.29 is 18.7 Å². The summed E-state index contributed by atoms with van der Waals surface area (Å²) in [7, 11) is 1.55. The number of hydrogen-bond donors (Lipinski definition) is 3. The van der Waals surface area contributed by atoms with E-state index in [1.54, 1.807) is 37.6 Å². The first-order chi connectivity index (χ1) is 14.6. The van der Waals surface area contributed by atoms with Crippen molar-refractivity contribution in [3.05, 3.63) is 54.7 Å². The summed E-state index contributed by atoms with van der Waals surface area (Å²) < 4.78 is 10.7. The number of urea groups is 1. The van der Waals surface area contributed by atoms with Gasteiger partial charge in [0.05, 0.1) is 18.4 Å². The van der Waals surface area contributed by atoms with Gasteiger partial charge in [0, 0.05) is 22.8 Å². The van der Waals surface area contributed by atoms with Crippen LogP contribution in [0.1, 0.15) is 0 Å². The highest BCUT2D eigenvalue weighted by Crippen LogP contribution is 2.29. The number of hydrogen-bond acceptors (Lipinski definition) is 7. The minimum Gasteiger partial charge on any atom is -0.497 e. The van der Waals surface area contributed by atoms with E-state index < -0.39 is 11.9 Å². The van der Waals surface area contributed by atoms with Gasteiger partial charge in [0.25, 0.3) is 11.1 Å². The number of carbonyl (C=O) groups excluding carboxylic acids is 2. The second-order valence-electron chi connectivity index (χ2n) is 6.14. The summed E-state index contributed by atoms with van der Waals surface area (Å²) in [6.07, 6.45) is 1.79. The molecule has 0 aliphatic heterocycles. The van der Waals surface area contributed by atoms with Crippen LogP contribution in [0, 0.1) is 0 Å². The smallest absolute Gasteiger partial charge is 0.325 e. The molecule has 9 nitrogen and oxygen atoms in total. The first-order valence-corrected chi connectivity index (χ1v) is 9.88. The zero-order valence-electron chi connectivity index (χ0n) is 15.8. The minimum absolute atomic E-state index is 0.0500. The van der Waals surface area contributed by atoms with Gasteiger partial charge in [0.15, 0.2) is 0 Å². The number of thioether (sulfide) groups is 1. The number of nitrogens with one attached hydrogen (secondary N) is 3. The number of aromatic nitrogens is 3. The fourth-order valence-electron chi connectivity index (χ4n) is 2.75. The van der Waals surface area contributed by atoms with Crippen LogP contribution in [-0.2, 0) is 4.79 Å². The molecular formula is C20H17N5O4S. The molecule has 0 aliphatic carbocycles. The third kappa shape index (κ3) is 4.44. The Morgan fingerprint density at radius 2 is 1.93 bits per heavy atom. The van der Waals surface area contributed by atoms with Gasteiger partial charge >= 0.3 is 6.03 Å². The Morgan fingerprint density at radius 1 is 1.13 bits per heavy atom. The Bertz CT molecular complexity index is 1190. The number of methoxy groups -OCH3 is 1. The van der Waals surface area contributed by atoms with E-state index in [1.807, 2.05) is 24.3 Å². The van der Waals surface area contributed by atoms with Crippen molar-refractivity contribution >= 4 is 40.3 Å². The molecule has 10 heteroatoms. The molecule has 152 valence electrons. The molecule has 0 saturated heterocycles. The second kappa shape index (κ2) is 8.70. The molecule has 0 spiro atoms. The van der Waals surface area contributed by atoms with E-state index >= 15 is 0 Å². The maximum atomic E-state index is 12.0. The zero-order chi connectivity index (χ0) is 20.9. The lowest BCUT2D eigenvalue weighted by molar-refractivity contribution is -0.117. The monoisotopic (exact) mass is 423 g/mol. The quantitative estimate of drug-likeness (QED) is 0.405. The number of fused-ring (bicyclic) bond motifs is 1. The average molecular weight is 423 g/mol. The number of aromatic amines is 1. The highest BCUT2D eigenvalue weighted by atomic mass is 32.2. The Balaban J connectivity index is 1.30. The van der Waals surface area contributed by atoms with E-state index in [4.69, 9.17) is 9.15 Å². The summed E-state index contributed by atoms with van der Waals surface area (Å²) in [6, 6.07) is 13.9. The fraction of sp³-hybridized carbons (Fsp3) is 0.100. The van der Waals surface area contributed by atoms with Crippen LogP contribution in [0.25, 0.3) is 22.4 Å². The van der Waals surface area contributed by atoms with Crippen molar-refractivity contribution in [3.63, 3.8) is 0 Å². The molecule has 3 N–H and O–H groups in total. The number of anilines is 1. The van der Waals surface area contributed by atoms with Crippen LogP contribution in [0.5, 0.6) is 5.75 Å². The molecule has 0 radical (unpaired) electrons. The van der Waals surface area contributed by atoms with E-state index in [2.05, 4.69) is 25.8 Å². The third-order valence-electron chi connectivity index (χ3n) is 4.15. The summed E-state index contributed by atoms with van der Waals surface area (Å²) in [5, 5.41) is 14.0. The standard InChI is InChI=1S/C20H17N5O4S/c1-28-13-8-6-12(7-9-13)22-19(27)23-17(26)11-30-20-25-24-18(29-20)15-10-21-16-5-3-2-4-14(15)16/h2-10,21H,11H2,1H3,(H2,22,23,26,27). The molecule has 0 bridgehead atoms. The lowest BCUT2D eigenvalue weighted by Crippen LogP contribution is -2.35. The topological polar surface area (TPSA) is 122 Å². The number of imide groups is 1. The van der Waals surface area contributed by atoms with Gasteiger partial charge in [0.1, 0.15) is 5.75 Å². The molecule has 0 unspecified atom stereocenters. The van der Waals surface area contributed by atoms with Gasteiger partial charge in [-0.2, -0.15) is 0 Å². The second-order valence-corrected chi connectivity index (χ2v) is 7.07. The van der Waals surface area contributed by atoms with Crippen molar-refractivity contribution in [1.29, 1.82) is 0 Å². The van der Waals surface area contributed by atoms with Crippen molar-refractivity contribution in [3.8, 4) is 17.2 Å². The molecule has 4 aromatic rings. The lowest BCUT2D eigenvalue weighted by atomic mass is 10.2. The molecule has 2 aromatic heterocycles. The zero-order valence-corrected chi connectivity index (χ0v) is 16.7.